The maximum atomic E-state index is 13.2. The molecule has 0 heterocycles. The van der Waals surface area contributed by atoms with Gasteiger partial charge in [0.2, 0.25) is 11.8 Å². The van der Waals surface area contributed by atoms with Crippen molar-refractivity contribution in [3.63, 3.8) is 0 Å². The van der Waals surface area contributed by atoms with Crippen molar-refractivity contribution in [3.8, 4) is 11.1 Å². The third-order valence-corrected chi connectivity index (χ3v) is 6.33. The van der Waals surface area contributed by atoms with Gasteiger partial charge in [0.1, 0.15) is 24.3 Å². The van der Waals surface area contributed by atoms with Gasteiger partial charge in [0.15, 0.2) is 0 Å². The Bertz CT molecular complexity index is 1160. The molecule has 0 bridgehead atoms. The van der Waals surface area contributed by atoms with E-state index in [0.29, 0.717) is 6.42 Å². The Morgan fingerprint density at radius 3 is 1.92 bits per heavy atom. The number of carbonyl (C=O) groups is 4. The van der Waals surface area contributed by atoms with Crippen LogP contribution in [0, 0.1) is 5.92 Å². The average molecular weight is 538 g/mol. The first-order chi connectivity index (χ1) is 18.4. The molecule has 0 aliphatic heterocycles. The summed E-state index contributed by atoms with van der Waals surface area (Å²) in [7, 11) is 1.48. The number of likely N-dealkylation sites (N-methyl/N-ethyl adjacent to an activating group) is 1. The molecule has 2 aromatic rings. The molecule has 39 heavy (non-hydrogen) atoms. The van der Waals surface area contributed by atoms with E-state index in [1.165, 1.54) is 7.05 Å². The van der Waals surface area contributed by atoms with E-state index in [2.05, 4.69) is 16.0 Å². The van der Waals surface area contributed by atoms with Crippen LogP contribution in [0.3, 0.4) is 0 Å². The molecular formula is C30H39N3O6. The highest BCUT2D eigenvalue weighted by Gasteiger charge is 2.32. The molecule has 0 unspecified atom stereocenters. The second-order valence-electron chi connectivity index (χ2n) is 11.1. The van der Waals surface area contributed by atoms with E-state index in [1.807, 2.05) is 62.4 Å². The summed E-state index contributed by atoms with van der Waals surface area (Å²) in [6, 6.07) is 13.8. The number of esters is 1. The fourth-order valence-electron chi connectivity index (χ4n) is 4.69. The Hall–Kier alpha value is -3.88. The molecule has 3 amide bonds. The first-order valence-electron chi connectivity index (χ1n) is 13.2. The number of rotatable bonds is 10. The summed E-state index contributed by atoms with van der Waals surface area (Å²) in [6.45, 7) is 9.04. The summed E-state index contributed by atoms with van der Waals surface area (Å²) >= 11 is 0. The van der Waals surface area contributed by atoms with E-state index in [9.17, 15) is 19.2 Å². The lowest BCUT2D eigenvalue weighted by atomic mass is 9.98. The summed E-state index contributed by atoms with van der Waals surface area (Å²) in [5.74, 6) is -1.75. The Balaban J connectivity index is 1.73. The van der Waals surface area contributed by atoms with Gasteiger partial charge < -0.3 is 25.4 Å². The van der Waals surface area contributed by atoms with Gasteiger partial charge in [0.25, 0.3) is 0 Å². The Morgan fingerprint density at radius 2 is 1.41 bits per heavy atom. The quantitative estimate of drug-likeness (QED) is 0.395. The van der Waals surface area contributed by atoms with Gasteiger partial charge in [-0.05, 0) is 55.4 Å². The van der Waals surface area contributed by atoms with E-state index in [4.69, 9.17) is 9.47 Å². The van der Waals surface area contributed by atoms with Crippen molar-refractivity contribution in [1.82, 2.24) is 16.0 Å². The van der Waals surface area contributed by atoms with Crippen molar-refractivity contribution in [1.29, 1.82) is 0 Å². The second-order valence-corrected chi connectivity index (χ2v) is 11.1. The molecule has 0 saturated heterocycles. The SMILES string of the molecule is CNC(=O)[C@H](CC(C)C)NC(=O)[C@H](CC(=O)OC(C)(C)C)NC(=O)OCC1c2ccccc2-c2ccccc21. The maximum absolute atomic E-state index is 13.2. The van der Waals surface area contributed by atoms with Crippen molar-refractivity contribution in [2.45, 2.75) is 71.1 Å². The minimum atomic E-state index is -1.30. The van der Waals surface area contributed by atoms with Gasteiger partial charge >= 0.3 is 12.1 Å². The van der Waals surface area contributed by atoms with E-state index < -0.39 is 42.1 Å². The van der Waals surface area contributed by atoms with Crippen LogP contribution in [0.1, 0.15) is 64.5 Å². The van der Waals surface area contributed by atoms with Crippen molar-refractivity contribution in [2.24, 2.45) is 5.92 Å². The van der Waals surface area contributed by atoms with Crippen molar-refractivity contribution in [2.75, 3.05) is 13.7 Å². The summed E-state index contributed by atoms with van der Waals surface area (Å²) in [4.78, 5) is 51.1. The Labute approximate surface area is 230 Å². The summed E-state index contributed by atoms with van der Waals surface area (Å²) < 4.78 is 10.9. The molecule has 9 heteroatoms. The van der Waals surface area contributed by atoms with Crippen molar-refractivity contribution in [3.05, 3.63) is 59.7 Å². The Kier molecular flexibility index (Phi) is 9.72. The summed E-state index contributed by atoms with van der Waals surface area (Å²) in [5, 5.41) is 7.72. The lowest BCUT2D eigenvalue weighted by molar-refractivity contribution is -0.156. The molecule has 2 aromatic carbocycles. The molecule has 1 aliphatic carbocycles. The molecule has 0 fully saturated rings. The molecule has 3 N–H and O–H groups in total. The van der Waals surface area contributed by atoms with E-state index >= 15 is 0 Å². The zero-order valence-electron chi connectivity index (χ0n) is 23.5. The number of ether oxygens (including phenoxy) is 2. The van der Waals surface area contributed by atoms with Gasteiger partial charge in [-0.15, -0.1) is 0 Å². The van der Waals surface area contributed by atoms with Crippen molar-refractivity contribution >= 4 is 23.9 Å². The highest BCUT2D eigenvalue weighted by molar-refractivity contribution is 5.93. The topological polar surface area (TPSA) is 123 Å². The largest absolute Gasteiger partial charge is 0.460 e. The number of nitrogens with one attached hydrogen (secondary N) is 3. The van der Waals surface area contributed by atoms with Gasteiger partial charge in [-0.25, -0.2) is 4.79 Å². The molecule has 0 saturated carbocycles. The van der Waals surface area contributed by atoms with Gasteiger partial charge in [-0.1, -0.05) is 62.4 Å². The van der Waals surface area contributed by atoms with Crippen molar-refractivity contribution < 1.29 is 28.7 Å². The molecule has 3 rings (SSSR count). The molecule has 0 radical (unpaired) electrons. The fraction of sp³-hybridized carbons (Fsp3) is 0.467. The first kappa shape index (κ1) is 29.7. The van der Waals surface area contributed by atoms with Crippen LogP contribution in [0.5, 0.6) is 0 Å². The average Bonchev–Trinajstić information content (AvgIpc) is 3.18. The molecule has 1 aliphatic rings. The van der Waals surface area contributed by atoms with Crippen LogP contribution in [-0.2, 0) is 23.9 Å². The van der Waals surface area contributed by atoms with Crippen LogP contribution >= 0.6 is 0 Å². The van der Waals surface area contributed by atoms with Gasteiger partial charge in [-0.3, -0.25) is 14.4 Å². The van der Waals surface area contributed by atoms with E-state index in [0.717, 1.165) is 22.3 Å². The predicted molar refractivity (Wildman–Crippen MR) is 148 cm³/mol. The second kappa shape index (κ2) is 12.8. The minimum absolute atomic E-state index is 0.0504. The summed E-state index contributed by atoms with van der Waals surface area (Å²) in [5.41, 5.74) is 3.52. The predicted octanol–water partition coefficient (Wildman–Crippen LogP) is 3.90. The molecule has 0 spiro atoms. The van der Waals surface area contributed by atoms with Gasteiger partial charge in [0.05, 0.1) is 6.42 Å². The minimum Gasteiger partial charge on any atom is -0.460 e. The normalized spacial score (nSPS) is 14.0. The standard InChI is InChI=1S/C30H39N3O6/c1-18(2)15-24(27(35)31-6)32-28(36)25(16-26(34)39-30(3,4)5)33-29(37)38-17-23-21-13-9-7-11-19(21)20-12-8-10-14-22(20)23/h7-14,18,23-25H,15-17H2,1-6H3,(H,31,35)(H,32,36)(H,33,37)/t24-,25-/m0/s1. The molecular weight excluding hydrogens is 498 g/mol. The zero-order chi connectivity index (χ0) is 28.7. The molecule has 210 valence electrons. The lowest BCUT2D eigenvalue weighted by Gasteiger charge is -2.25. The number of fused-ring (bicyclic) bond motifs is 3. The smallest absolute Gasteiger partial charge is 0.407 e. The van der Waals surface area contributed by atoms with Crippen LogP contribution in [0.2, 0.25) is 0 Å². The highest BCUT2D eigenvalue weighted by Crippen LogP contribution is 2.44. The number of alkyl carbamates (subject to hydrolysis) is 1. The zero-order valence-corrected chi connectivity index (χ0v) is 23.5. The number of hydrogen-bond acceptors (Lipinski definition) is 6. The first-order valence-corrected chi connectivity index (χ1v) is 13.2. The third kappa shape index (κ3) is 8.05. The molecule has 0 aromatic heterocycles. The van der Waals surface area contributed by atoms with Crippen LogP contribution < -0.4 is 16.0 Å². The van der Waals surface area contributed by atoms with Crippen LogP contribution in [0.4, 0.5) is 4.79 Å². The number of benzene rings is 2. The van der Waals surface area contributed by atoms with Crippen LogP contribution in [0.15, 0.2) is 48.5 Å². The molecule has 9 nitrogen and oxygen atoms in total. The number of amides is 3. The number of carbonyl (C=O) groups excluding carboxylic acids is 4. The highest BCUT2D eigenvalue weighted by atomic mass is 16.6. The monoisotopic (exact) mass is 537 g/mol. The molecule has 2 atom stereocenters. The van der Waals surface area contributed by atoms with Crippen LogP contribution in [0.25, 0.3) is 11.1 Å². The van der Waals surface area contributed by atoms with E-state index in [-0.39, 0.29) is 24.3 Å². The maximum Gasteiger partial charge on any atom is 0.407 e. The third-order valence-electron chi connectivity index (χ3n) is 6.33. The summed E-state index contributed by atoms with van der Waals surface area (Å²) in [6.07, 6.45) is -0.883. The van der Waals surface area contributed by atoms with E-state index in [1.54, 1.807) is 20.8 Å². The Morgan fingerprint density at radius 1 is 0.846 bits per heavy atom. The van der Waals surface area contributed by atoms with Gasteiger partial charge in [0, 0.05) is 13.0 Å². The van der Waals surface area contributed by atoms with Gasteiger partial charge in [-0.2, -0.15) is 0 Å². The fourth-order valence-corrected chi connectivity index (χ4v) is 4.69. The van der Waals surface area contributed by atoms with Crippen LogP contribution in [-0.4, -0.2) is 55.2 Å². The number of hydrogen-bond donors (Lipinski definition) is 3. The lowest BCUT2D eigenvalue weighted by Crippen LogP contribution is -2.54.